The highest BCUT2D eigenvalue weighted by molar-refractivity contribution is 7.92. The SMILES string of the molecule is CCOc1ccc(S(=O)(=O)N(C)c2ccc(OCC(=O)OCC(=O)Nc3cc(F)ccc3F)cc2)cc1. The van der Waals surface area contributed by atoms with E-state index in [2.05, 4.69) is 5.32 Å². The fourth-order valence-electron chi connectivity index (χ4n) is 3.03. The Morgan fingerprint density at radius 2 is 1.51 bits per heavy atom. The lowest BCUT2D eigenvalue weighted by molar-refractivity contribution is -0.149. The maximum Gasteiger partial charge on any atom is 0.344 e. The molecule has 3 rings (SSSR count). The summed E-state index contributed by atoms with van der Waals surface area (Å²) in [4.78, 5) is 23.8. The fourth-order valence-corrected chi connectivity index (χ4v) is 4.23. The molecule has 0 heterocycles. The summed E-state index contributed by atoms with van der Waals surface area (Å²) in [6, 6.07) is 14.5. The van der Waals surface area contributed by atoms with E-state index in [9.17, 15) is 26.8 Å². The van der Waals surface area contributed by atoms with Crippen LogP contribution in [-0.2, 0) is 24.3 Å². The molecule has 0 aromatic heterocycles. The van der Waals surface area contributed by atoms with E-state index < -0.39 is 46.7 Å². The van der Waals surface area contributed by atoms with E-state index in [0.717, 1.165) is 22.5 Å². The first kappa shape index (κ1) is 27.4. The zero-order valence-corrected chi connectivity index (χ0v) is 20.8. The third-order valence-corrected chi connectivity index (χ3v) is 6.72. The van der Waals surface area contributed by atoms with Crippen molar-refractivity contribution in [1.29, 1.82) is 0 Å². The molecule has 0 saturated heterocycles. The number of rotatable bonds is 11. The van der Waals surface area contributed by atoms with Crippen molar-refractivity contribution >= 4 is 33.3 Å². The Labute approximate surface area is 212 Å². The number of hydrogen-bond donors (Lipinski definition) is 1. The second-order valence-electron chi connectivity index (χ2n) is 7.49. The molecule has 0 unspecified atom stereocenters. The van der Waals surface area contributed by atoms with E-state index in [1.807, 2.05) is 6.92 Å². The van der Waals surface area contributed by atoms with Crippen molar-refractivity contribution in [3.8, 4) is 11.5 Å². The fraction of sp³-hybridized carbons (Fsp3) is 0.200. The number of nitrogens with zero attached hydrogens (tertiary/aromatic N) is 1. The predicted octanol–water partition coefficient (Wildman–Crippen LogP) is 3.75. The average Bonchev–Trinajstić information content (AvgIpc) is 2.88. The molecular formula is C25H24F2N2O7S. The molecular weight excluding hydrogens is 510 g/mol. The first-order valence-corrected chi connectivity index (χ1v) is 12.4. The van der Waals surface area contributed by atoms with Crippen LogP contribution in [0.1, 0.15) is 6.92 Å². The van der Waals surface area contributed by atoms with Gasteiger partial charge in [-0.1, -0.05) is 0 Å². The van der Waals surface area contributed by atoms with E-state index in [1.165, 1.54) is 43.4 Å². The smallest absolute Gasteiger partial charge is 0.344 e. The number of carbonyl (C=O) groups is 2. The lowest BCUT2D eigenvalue weighted by Gasteiger charge is -2.20. The molecule has 37 heavy (non-hydrogen) atoms. The minimum absolute atomic E-state index is 0.0886. The van der Waals surface area contributed by atoms with Gasteiger partial charge in [-0.3, -0.25) is 9.10 Å². The Morgan fingerprint density at radius 3 is 2.16 bits per heavy atom. The Kier molecular flexibility index (Phi) is 9.01. The van der Waals surface area contributed by atoms with E-state index in [-0.39, 0.29) is 16.3 Å². The standard InChI is InChI=1S/C25H24F2N2O7S/c1-3-34-19-9-11-21(12-10-19)37(32,33)29(2)18-5-7-20(8-6-18)35-16-25(31)36-15-24(30)28-23-14-17(26)4-13-22(23)27/h4-14H,3,15-16H2,1-2H3,(H,28,30). The van der Waals surface area contributed by atoms with Gasteiger partial charge >= 0.3 is 5.97 Å². The zero-order chi connectivity index (χ0) is 27.0. The van der Waals surface area contributed by atoms with Gasteiger partial charge in [-0.05, 0) is 67.6 Å². The maximum absolute atomic E-state index is 13.6. The molecule has 0 aliphatic carbocycles. The molecule has 0 aliphatic rings. The molecule has 0 fully saturated rings. The van der Waals surface area contributed by atoms with Crippen LogP contribution in [0.2, 0.25) is 0 Å². The number of halogens is 2. The minimum Gasteiger partial charge on any atom is -0.494 e. The van der Waals surface area contributed by atoms with E-state index in [4.69, 9.17) is 14.2 Å². The van der Waals surface area contributed by atoms with Gasteiger partial charge in [-0.25, -0.2) is 22.0 Å². The number of benzene rings is 3. The third kappa shape index (κ3) is 7.40. The lowest BCUT2D eigenvalue weighted by atomic mass is 10.3. The van der Waals surface area contributed by atoms with Gasteiger partial charge in [0.1, 0.15) is 23.1 Å². The lowest BCUT2D eigenvalue weighted by Crippen LogP contribution is -2.26. The number of esters is 1. The van der Waals surface area contributed by atoms with Crippen molar-refractivity contribution in [3.05, 3.63) is 78.4 Å². The summed E-state index contributed by atoms with van der Waals surface area (Å²) in [7, 11) is -2.42. The molecule has 0 radical (unpaired) electrons. The molecule has 1 N–H and O–H groups in total. The predicted molar refractivity (Wildman–Crippen MR) is 131 cm³/mol. The molecule has 3 aromatic carbocycles. The third-order valence-electron chi connectivity index (χ3n) is 4.92. The molecule has 9 nitrogen and oxygen atoms in total. The van der Waals surface area contributed by atoms with Gasteiger partial charge in [0.05, 0.1) is 22.9 Å². The molecule has 0 aliphatic heterocycles. The molecule has 0 spiro atoms. The van der Waals surface area contributed by atoms with E-state index in [0.29, 0.717) is 18.0 Å². The Morgan fingerprint density at radius 1 is 0.892 bits per heavy atom. The highest BCUT2D eigenvalue weighted by atomic mass is 32.2. The summed E-state index contributed by atoms with van der Waals surface area (Å²) in [5.74, 6) is -2.52. The number of nitrogens with one attached hydrogen (secondary N) is 1. The summed E-state index contributed by atoms with van der Waals surface area (Å²) in [6.45, 7) is 1.02. The van der Waals surface area contributed by atoms with Crippen LogP contribution in [0.15, 0.2) is 71.6 Å². The van der Waals surface area contributed by atoms with Gasteiger partial charge in [0, 0.05) is 13.1 Å². The van der Waals surface area contributed by atoms with Crippen LogP contribution in [0.25, 0.3) is 0 Å². The first-order valence-electron chi connectivity index (χ1n) is 11.0. The van der Waals surface area contributed by atoms with Gasteiger partial charge in [0.15, 0.2) is 13.2 Å². The van der Waals surface area contributed by atoms with Crippen molar-refractivity contribution in [2.24, 2.45) is 0 Å². The molecule has 3 aromatic rings. The summed E-state index contributed by atoms with van der Waals surface area (Å²) < 4.78 is 69.0. The van der Waals surface area contributed by atoms with Crippen molar-refractivity contribution in [2.75, 3.05) is 36.5 Å². The average molecular weight is 535 g/mol. The summed E-state index contributed by atoms with van der Waals surface area (Å²) in [6.07, 6.45) is 0. The van der Waals surface area contributed by atoms with Gasteiger partial charge in [-0.2, -0.15) is 0 Å². The van der Waals surface area contributed by atoms with E-state index >= 15 is 0 Å². The van der Waals surface area contributed by atoms with Crippen LogP contribution in [0.4, 0.5) is 20.2 Å². The molecule has 12 heteroatoms. The summed E-state index contributed by atoms with van der Waals surface area (Å²) >= 11 is 0. The summed E-state index contributed by atoms with van der Waals surface area (Å²) in [5.41, 5.74) is -0.0306. The van der Waals surface area contributed by atoms with Crippen molar-refractivity contribution in [1.82, 2.24) is 0 Å². The first-order chi connectivity index (χ1) is 17.6. The van der Waals surface area contributed by atoms with Gasteiger partial charge in [0.2, 0.25) is 0 Å². The van der Waals surface area contributed by atoms with Crippen molar-refractivity contribution in [3.63, 3.8) is 0 Å². The molecule has 1 amide bonds. The number of amides is 1. The quantitative estimate of drug-likeness (QED) is 0.373. The van der Waals surface area contributed by atoms with E-state index in [1.54, 1.807) is 12.1 Å². The van der Waals surface area contributed by atoms with Gasteiger partial charge < -0.3 is 19.5 Å². The molecule has 196 valence electrons. The zero-order valence-electron chi connectivity index (χ0n) is 19.9. The normalized spacial score (nSPS) is 10.9. The van der Waals surface area contributed by atoms with Crippen LogP contribution < -0.4 is 19.1 Å². The van der Waals surface area contributed by atoms with Gasteiger partial charge in [-0.15, -0.1) is 0 Å². The Hall–Kier alpha value is -4.19. The number of sulfonamides is 1. The number of hydrogen-bond acceptors (Lipinski definition) is 7. The monoisotopic (exact) mass is 534 g/mol. The Balaban J connectivity index is 1.50. The van der Waals surface area contributed by atoms with Crippen LogP contribution in [-0.4, -0.2) is 47.2 Å². The largest absolute Gasteiger partial charge is 0.494 e. The molecule has 0 saturated carbocycles. The molecule has 0 bridgehead atoms. The number of carbonyl (C=O) groups excluding carboxylic acids is 2. The Bertz CT molecular complexity index is 1350. The molecule has 0 atom stereocenters. The summed E-state index contributed by atoms with van der Waals surface area (Å²) in [5, 5.41) is 2.10. The maximum atomic E-state index is 13.6. The topological polar surface area (TPSA) is 111 Å². The van der Waals surface area contributed by atoms with Crippen LogP contribution in [0.3, 0.4) is 0 Å². The van der Waals surface area contributed by atoms with Crippen LogP contribution in [0, 0.1) is 11.6 Å². The number of anilines is 2. The minimum atomic E-state index is -3.82. The van der Waals surface area contributed by atoms with Gasteiger partial charge in [0.25, 0.3) is 15.9 Å². The van der Waals surface area contributed by atoms with Crippen LogP contribution in [0.5, 0.6) is 11.5 Å². The highest BCUT2D eigenvalue weighted by Gasteiger charge is 2.21. The van der Waals surface area contributed by atoms with Crippen molar-refractivity contribution in [2.45, 2.75) is 11.8 Å². The second kappa shape index (κ2) is 12.2. The van der Waals surface area contributed by atoms with Crippen molar-refractivity contribution < 1.29 is 41.0 Å². The number of ether oxygens (including phenoxy) is 3. The second-order valence-corrected chi connectivity index (χ2v) is 9.46. The highest BCUT2D eigenvalue weighted by Crippen LogP contribution is 2.25. The van der Waals surface area contributed by atoms with Crippen LogP contribution >= 0.6 is 0 Å².